The molecule has 6 nitrogen and oxygen atoms in total. The molecule has 1 fully saturated rings. The number of imide groups is 1. The van der Waals surface area contributed by atoms with Gasteiger partial charge in [0.25, 0.3) is 0 Å². The highest BCUT2D eigenvalue weighted by Gasteiger charge is 2.38. The van der Waals surface area contributed by atoms with Gasteiger partial charge >= 0.3 is 0 Å². The van der Waals surface area contributed by atoms with Crippen LogP contribution in [0.4, 0.5) is 0 Å². The van der Waals surface area contributed by atoms with Crippen LogP contribution in [0, 0.1) is 0 Å². The fourth-order valence-corrected chi connectivity index (χ4v) is 3.72. The van der Waals surface area contributed by atoms with E-state index in [2.05, 4.69) is 0 Å². The number of hydrogen-bond acceptors (Lipinski definition) is 5. The molecule has 0 saturated carbocycles. The van der Waals surface area contributed by atoms with E-state index < -0.39 is 0 Å². The van der Waals surface area contributed by atoms with Crippen molar-refractivity contribution in [3.8, 4) is 0 Å². The number of amides is 2. The van der Waals surface area contributed by atoms with Gasteiger partial charge < -0.3 is 5.11 Å². The van der Waals surface area contributed by atoms with Crippen molar-refractivity contribution < 1.29 is 19.5 Å². The molecule has 2 heterocycles. The van der Waals surface area contributed by atoms with E-state index in [0.717, 1.165) is 53.8 Å². The normalized spacial score (nSPS) is 16.9. The molecular weight excluding hydrogens is 332 g/mol. The van der Waals surface area contributed by atoms with Gasteiger partial charge in [-0.25, -0.2) is 4.79 Å². The highest BCUT2D eigenvalue weighted by Crippen LogP contribution is 2.36. The number of aliphatic hydroxyl groups excluding tert-OH is 1. The first-order valence-electron chi connectivity index (χ1n) is 9.27. The van der Waals surface area contributed by atoms with Crippen LogP contribution in [-0.4, -0.2) is 39.5 Å². The van der Waals surface area contributed by atoms with Crippen molar-refractivity contribution in [3.05, 3.63) is 34.9 Å². The summed E-state index contributed by atoms with van der Waals surface area (Å²) in [6, 6.07) is 5.79. The first kappa shape index (κ1) is 18.4. The summed E-state index contributed by atoms with van der Waals surface area (Å²) in [7, 11) is 0. The maximum Gasteiger partial charge on any atom is 0.248 e. The van der Waals surface area contributed by atoms with E-state index in [4.69, 9.17) is 5.11 Å². The number of piperidine rings is 1. The van der Waals surface area contributed by atoms with E-state index in [-0.39, 0.29) is 24.1 Å². The van der Waals surface area contributed by atoms with Crippen LogP contribution in [0.1, 0.15) is 61.6 Å². The van der Waals surface area contributed by atoms with E-state index in [1.165, 1.54) is 5.01 Å². The molecule has 0 radical (unpaired) electrons. The third-order valence-corrected chi connectivity index (χ3v) is 5.04. The second-order valence-corrected chi connectivity index (χ2v) is 6.79. The number of nitrogens with zero attached hydrogens (tertiary/aromatic N) is 2. The second kappa shape index (κ2) is 8.30. The number of aliphatic hydroxyl groups is 1. The largest absolute Gasteiger partial charge is 0.396 e. The summed E-state index contributed by atoms with van der Waals surface area (Å²) in [6.07, 6.45) is 5.92. The van der Waals surface area contributed by atoms with Crippen molar-refractivity contribution in [2.75, 3.05) is 6.61 Å². The molecule has 0 unspecified atom stereocenters. The van der Waals surface area contributed by atoms with Crippen LogP contribution in [0.25, 0.3) is 5.70 Å². The van der Waals surface area contributed by atoms with Gasteiger partial charge in [0.05, 0.1) is 6.54 Å². The molecule has 26 heavy (non-hydrogen) atoms. The van der Waals surface area contributed by atoms with Crippen LogP contribution >= 0.6 is 0 Å². The number of carbonyl (C=O) groups excluding carboxylic acids is 3. The fraction of sp³-hybridized carbons (Fsp3) is 0.500. The van der Waals surface area contributed by atoms with Gasteiger partial charge in [0.15, 0.2) is 5.94 Å². The van der Waals surface area contributed by atoms with E-state index in [9.17, 15) is 14.4 Å². The average Bonchev–Trinajstić information content (AvgIpc) is 3.00. The molecule has 6 heteroatoms. The molecule has 2 aliphatic rings. The van der Waals surface area contributed by atoms with Gasteiger partial charge in [-0.3, -0.25) is 14.6 Å². The standard InChI is InChI=1S/C20H24N2O4/c23-12-4-2-1-3-7-15-8-5-9-16-17(15)13-21(18(16)14-24)22-19(25)10-6-11-20(22)26/h5,8-9,23H,1-4,6-7,10-13H2. The third kappa shape index (κ3) is 3.57. The lowest BCUT2D eigenvalue weighted by molar-refractivity contribution is -0.162. The maximum atomic E-state index is 12.3. The van der Waals surface area contributed by atoms with Crippen molar-refractivity contribution in [1.29, 1.82) is 0 Å². The number of aryl methyl sites for hydroxylation is 1. The number of hydrogen-bond donors (Lipinski definition) is 1. The number of unbranched alkanes of at least 4 members (excludes halogenated alkanes) is 3. The summed E-state index contributed by atoms with van der Waals surface area (Å²) in [5.74, 6) is 1.42. The van der Waals surface area contributed by atoms with Crippen LogP contribution in [-0.2, 0) is 27.3 Å². The molecular formula is C20H24N2O4. The molecule has 0 atom stereocenters. The van der Waals surface area contributed by atoms with E-state index in [0.29, 0.717) is 25.8 Å². The fourth-order valence-electron chi connectivity index (χ4n) is 3.72. The molecule has 3 rings (SSSR count). The van der Waals surface area contributed by atoms with Gasteiger partial charge in [-0.05, 0) is 36.8 Å². The van der Waals surface area contributed by atoms with Crippen LogP contribution in [0.5, 0.6) is 0 Å². The number of carbonyl (C=O) groups is 2. The minimum absolute atomic E-state index is 0.223. The van der Waals surface area contributed by atoms with Gasteiger partial charge in [0, 0.05) is 25.0 Å². The Kier molecular flexibility index (Phi) is 5.86. The number of benzene rings is 1. The highest BCUT2D eigenvalue weighted by molar-refractivity contribution is 6.00. The van der Waals surface area contributed by atoms with Crippen molar-refractivity contribution in [1.82, 2.24) is 10.0 Å². The Morgan fingerprint density at radius 3 is 2.46 bits per heavy atom. The molecule has 138 valence electrons. The molecule has 1 saturated heterocycles. The first-order valence-corrected chi connectivity index (χ1v) is 9.27. The summed E-state index contributed by atoms with van der Waals surface area (Å²) in [5.41, 5.74) is 3.17. The Labute approximate surface area is 153 Å². The Bertz CT molecular complexity index is 736. The van der Waals surface area contributed by atoms with Gasteiger partial charge in [-0.1, -0.05) is 31.0 Å². The van der Waals surface area contributed by atoms with Crippen molar-refractivity contribution >= 4 is 23.5 Å². The van der Waals surface area contributed by atoms with Gasteiger partial charge in [0.2, 0.25) is 11.8 Å². The van der Waals surface area contributed by atoms with E-state index in [1.807, 2.05) is 24.1 Å². The molecule has 1 aromatic carbocycles. The Morgan fingerprint density at radius 1 is 1.04 bits per heavy atom. The zero-order valence-corrected chi connectivity index (χ0v) is 14.9. The Hall–Kier alpha value is -2.43. The quantitative estimate of drug-likeness (QED) is 0.460. The zero-order valence-electron chi connectivity index (χ0n) is 14.9. The summed E-state index contributed by atoms with van der Waals surface area (Å²) < 4.78 is 0. The highest BCUT2D eigenvalue weighted by atomic mass is 16.3. The van der Waals surface area contributed by atoms with E-state index in [1.54, 1.807) is 0 Å². The minimum atomic E-state index is -0.257. The van der Waals surface area contributed by atoms with E-state index >= 15 is 0 Å². The monoisotopic (exact) mass is 356 g/mol. The first-order chi connectivity index (χ1) is 12.7. The van der Waals surface area contributed by atoms with Crippen molar-refractivity contribution in [3.63, 3.8) is 0 Å². The SMILES string of the molecule is O=C=C1c2cccc(CCCCCCO)c2CN1N1C(=O)CCCC1=O. The van der Waals surface area contributed by atoms with Crippen LogP contribution in [0.3, 0.4) is 0 Å². The lowest BCUT2D eigenvalue weighted by Crippen LogP contribution is -2.49. The smallest absolute Gasteiger partial charge is 0.248 e. The summed E-state index contributed by atoms with van der Waals surface area (Å²) in [6.45, 7) is 0.575. The Morgan fingerprint density at radius 2 is 1.77 bits per heavy atom. The number of hydrazine groups is 1. The van der Waals surface area contributed by atoms with Crippen molar-refractivity contribution in [2.24, 2.45) is 0 Å². The molecule has 1 N–H and O–H groups in total. The molecule has 0 aromatic heterocycles. The van der Waals surface area contributed by atoms with Crippen LogP contribution < -0.4 is 0 Å². The number of fused-ring (bicyclic) bond motifs is 1. The minimum Gasteiger partial charge on any atom is -0.396 e. The second-order valence-electron chi connectivity index (χ2n) is 6.79. The molecule has 2 aliphatic heterocycles. The predicted molar refractivity (Wildman–Crippen MR) is 96.0 cm³/mol. The van der Waals surface area contributed by atoms with Crippen molar-refractivity contribution in [2.45, 2.75) is 57.9 Å². The lowest BCUT2D eigenvalue weighted by atomic mass is 9.97. The summed E-state index contributed by atoms with van der Waals surface area (Å²) in [5, 5.41) is 11.5. The summed E-state index contributed by atoms with van der Waals surface area (Å²) in [4.78, 5) is 36.1. The maximum absolute atomic E-state index is 12.3. The van der Waals surface area contributed by atoms with Crippen LogP contribution in [0.2, 0.25) is 0 Å². The zero-order chi connectivity index (χ0) is 18.5. The summed E-state index contributed by atoms with van der Waals surface area (Å²) >= 11 is 0. The molecule has 1 aromatic rings. The molecule has 2 amide bonds. The average molecular weight is 356 g/mol. The van der Waals surface area contributed by atoms with Gasteiger partial charge in [0.1, 0.15) is 5.70 Å². The molecule has 0 spiro atoms. The van der Waals surface area contributed by atoms with Crippen LogP contribution in [0.15, 0.2) is 18.2 Å². The van der Waals surface area contributed by atoms with Gasteiger partial charge in [-0.2, -0.15) is 5.01 Å². The Balaban J connectivity index is 1.80. The molecule has 0 bridgehead atoms. The predicted octanol–water partition coefficient (Wildman–Crippen LogP) is 2.22. The number of rotatable bonds is 7. The third-order valence-electron chi connectivity index (χ3n) is 5.04. The lowest BCUT2D eigenvalue weighted by Gasteiger charge is -2.33. The molecule has 0 aliphatic carbocycles. The topological polar surface area (TPSA) is 77.9 Å². The van der Waals surface area contributed by atoms with Gasteiger partial charge in [-0.15, -0.1) is 0 Å².